The molecule has 8 heteroatoms. The van der Waals surface area contributed by atoms with E-state index in [-0.39, 0.29) is 24.3 Å². The fourth-order valence-corrected chi connectivity index (χ4v) is 5.79. The minimum atomic E-state index is -0.946. The number of amides is 2. The summed E-state index contributed by atoms with van der Waals surface area (Å²) in [5, 5.41) is 12.0. The van der Waals surface area contributed by atoms with E-state index >= 15 is 0 Å². The summed E-state index contributed by atoms with van der Waals surface area (Å²) >= 11 is 1.47. The molecule has 2 aromatic carbocycles. The van der Waals surface area contributed by atoms with Crippen molar-refractivity contribution in [3.05, 3.63) is 59.7 Å². The number of hydrogen-bond acceptors (Lipinski definition) is 5. The van der Waals surface area contributed by atoms with Gasteiger partial charge in [0, 0.05) is 24.6 Å². The number of carbonyl (C=O) groups is 3. The van der Waals surface area contributed by atoms with Gasteiger partial charge in [0.25, 0.3) is 0 Å². The normalized spacial score (nSPS) is 17.7. The van der Waals surface area contributed by atoms with Crippen molar-refractivity contribution in [1.82, 2.24) is 10.2 Å². The highest BCUT2D eigenvalue weighted by Crippen LogP contribution is 2.44. The van der Waals surface area contributed by atoms with E-state index in [1.165, 1.54) is 38.9 Å². The minimum absolute atomic E-state index is 0.0291. The maximum Gasteiger partial charge on any atom is 0.407 e. The molecule has 2 N–H and O–H groups in total. The van der Waals surface area contributed by atoms with Crippen molar-refractivity contribution < 1.29 is 24.2 Å². The Hall–Kier alpha value is -3.00. The Morgan fingerprint density at radius 1 is 1.09 bits per heavy atom. The zero-order chi connectivity index (χ0) is 24.1. The molecule has 1 saturated heterocycles. The molecule has 2 aliphatic rings. The van der Waals surface area contributed by atoms with E-state index < -0.39 is 18.1 Å². The molecule has 2 amide bonds. The molecule has 1 fully saturated rings. The van der Waals surface area contributed by atoms with Gasteiger partial charge in [0.2, 0.25) is 5.91 Å². The van der Waals surface area contributed by atoms with E-state index in [1.807, 2.05) is 31.2 Å². The Bertz CT molecular complexity index is 1010. The lowest BCUT2D eigenvalue weighted by Crippen LogP contribution is -2.41. The van der Waals surface area contributed by atoms with E-state index in [9.17, 15) is 19.5 Å². The number of ether oxygens (including phenoxy) is 1. The van der Waals surface area contributed by atoms with Gasteiger partial charge >= 0.3 is 12.1 Å². The third-order valence-electron chi connectivity index (χ3n) is 6.59. The van der Waals surface area contributed by atoms with Crippen LogP contribution in [0.25, 0.3) is 11.1 Å². The van der Waals surface area contributed by atoms with Crippen LogP contribution in [0.2, 0.25) is 0 Å². The molecule has 2 unspecified atom stereocenters. The van der Waals surface area contributed by atoms with E-state index in [2.05, 4.69) is 29.6 Å². The first-order valence-electron chi connectivity index (χ1n) is 11.6. The number of benzene rings is 2. The van der Waals surface area contributed by atoms with E-state index in [0.29, 0.717) is 37.4 Å². The molecule has 34 heavy (non-hydrogen) atoms. The second-order valence-electron chi connectivity index (χ2n) is 8.90. The Morgan fingerprint density at radius 2 is 1.74 bits per heavy atom. The molecule has 180 valence electrons. The molecule has 7 nitrogen and oxygen atoms in total. The molecule has 1 heterocycles. The summed E-state index contributed by atoms with van der Waals surface area (Å²) in [6, 6.07) is 15.7. The predicted molar refractivity (Wildman–Crippen MR) is 132 cm³/mol. The highest BCUT2D eigenvalue weighted by molar-refractivity contribution is 7.99. The zero-order valence-electron chi connectivity index (χ0n) is 19.2. The van der Waals surface area contributed by atoms with Crippen molar-refractivity contribution in [1.29, 1.82) is 0 Å². The Morgan fingerprint density at radius 3 is 2.38 bits per heavy atom. The van der Waals surface area contributed by atoms with Gasteiger partial charge in [-0.15, -0.1) is 11.8 Å². The molecule has 0 saturated carbocycles. The van der Waals surface area contributed by atoms with E-state index in [1.54, 1.807) is 0 Å². The van der Waals surface area contributed by atoms with Gasteiger partial charge in [-0.3, -0.25) is 4.79 Å². The van der Waals surface area contributed by atoms with Gasteiger partial charge in [-0.05, 0) is 41.0 Å². The fraction of sp³-hybridized carbons (Fsp3) is 0.423. The molecular weight excluding hydrogens is 452 g/mol. The van der Waals surface area contributed by atoms with Gasteiger partial charge in [-0.2, -0.15) is 0 Å². The maximum absolute atomic E-state index is 12.4. The number of nitrogens with zero attached hydrogens (tertiary/aromatic N) is 1. The number of nitrogens with one attached hydrogen (secondary N) is 1. The van der Waals surface area contributed by atoms with Crippen LogP contribution in [0.1, 0.15) is 43.2 Å². The summed E-state index contributed by atoms with van der Waals surface area (Å²) in [4.78, 5) is 37.4. The van der Waals surface area contributed by atoms with Gasteiger partial charge in [-0.25, -0.2) is 9.59 Å². The van der Waals surface area contributed by atoms with E-state index in [4.69, 9.17) is 4.74 Å². The molecule has 2 atom stereocenters. The van der Waals surface area contributed by atoms with Crippen molar-refractivity contribution in [2.45, 2.75) is 38.1 Å². The Balaban J connectivity index is 1.18. The van der Waals surface area contributed by atoms with Crippen LogP contribution in [-0.2, 0) is 14.3 Å². The van der Waals surface area contributed by atoms with Gasteiger partial charge in [-0.1, -0.05) is 55.5 Å². The van der Waals surface area contributed by atoms with Crippen molar-refractivity contribution in [2.24, 2.45) is 5.92 Å². The molecule has 2 aromatic rings. The predicted octanol–water partition coefficient (Wildman–Crippen LogP) is 4.32. The standard InChI is InChI=1S/C26H30N2O5S/c1-17(10-11-24(29)28-16-34-15-23(28)25(30)31)12-13-27-26(32)33-14-22-20-8-4-2-6-18(20)19-7-3-5-9-21(19)22/h2-9,17,22-23H,10-16H2,1H3,(H,27,32)(H,30,31). The third-order valence-corrected chi connectivity index (χ3v) is 7.60. The van der Waals surface area contributed by atoms with Crippen LogP contribution in [-0.4, -0.2) is 58.8 Å². The van der Waals surface area contributed by atoms with Crippen LogP contribution in [0.3, 0.4) is 0 Å². The quantitative estimate of drug-likeness (QED) is 0.553. The first-order chi connectivity index (χ1) is 16.5. The Kier molecular flexibility index (Phi) is 7.77. The zero-order valence-corrected chi connectivity index (χ0v) is 20.1. The lowest BCUT2D eigenvalue weighted by molar-refractivity contribution is -0.147. The number of thioether (sulfide) groups is 1. The molecule has 0 spiro atoms. The van der Waals surface area contributed by atoms with Crippen LogP contribution in [0.15, 0.2) is 48.5 Å². The molecule has 0 radical (unpaired) electrons. The SMILES string of the molecule is CC(CCNC(=O)OCC1c2ccccc2-c2ccccc21)CCC(=O)N1CSCC1C(=O)O. The number of carboxylic acid groups (broad SMARTS) is 1. The number of alkyl carbamates (subject to hydrolysis) is 1. The molecule has 0 bridgehead atoms. The Labute approximate surface area is 203 Å². The first-order valence-corrected chi connectivity index (χ1v) is 12.8. The number of hydrogen-bond donors (Lipinski definition) is 2. The highest BCUT2D eigenvalue weighted by atomic mass is 32.2. The largest absolute Gasteiger partial charge is 0.480 e. The second-order valence-corrected chi connectivity index (χ2v) is 9.90. The van der Waals surface area contributed by atoms with Gasteiger partial charge in [0.15, 0.2) is 0 Å². The maximum atomic E-state index is 12.4. The summed E-state index contributed by atoms with van der Waals surface area (Å²) < 4.78 is 5.55. The number of carbonyl (C=O) groups excluding carboxylic acids is 2. The lowest BCUT2D eigenvalue weighted by atomic mass is 9.98. The minimum Gasteiger partial charge on any atom is -0.480 e. The topological polar surface area (TPSA) is 95.9 Å². The molecule has 4 rings (SSSR count). The van der Waals surface area contributed by atoms with Crippen LogP contribution in [0.4, 0.5) is 4.79 Å². The van der Waals surface area contributed by atoms with Crippen LogP contribution in [0, 0.1) is 5.92 Å². The summed E-state index contributed by atoms with van der Waals surface area (Å²) in [5.41, 5.74) is 4.74. The van der Waals surface area contributed by atoms with Crippen molar-refractivity contribution in [3.8, 4) is 11.1 Å². The molecule has 0 aromatic heterocycles. The smallest absolute Gasteiger partial charge is 0.407 e. The summed E-state index contributed by atoms with van der Waals surface area (Å²) in [5.74, 6) is 0.0686. The monoisotopic (exact) mass is 482 g/mol. The number of aliphatic carboxylic acids is 1. The average Bonchev–Trinajstić information content (AvgIpc) is 3.45. The third kappa shape index (κ3) is 5.38. The van der Waals surface area contributed by atoms with Crippen molar-refractivity contribution in [3.63, 3.8) is 0 Å². The van der Waals surface area contributed by atoms with Crippen molar-refractivity contribution >= 4 is 29.7 Å². The summed E-state index contributed by atoms with van der Waals surface area (Å²) in [6.07, 6.45) is 1.24. The summed E-state index contributed by atoms with van der Waals surface area (Å²) in [7, 11) is 0. The van der Waals surface area contributed by atoms with Crippen LogP contribution in [0.5, 0.6) is 0 Å². The number of rotatable bonds is 9. The average molecular weight is 483 g/mol. The fourth-order valence-electron chi connectivity index (χ4n) is 4.62. The molecule has 1 aliphatic carbocycles. The van der Waals surface area contributed by atoms with Crippen LogP contribution >= 0.6 is 11.8 Å². The number of fused-ring (bicyclic) bond motifs is 3. The lowest BCUT2D eigenvalue weighted by Gasteiger charge is -2.21. The van der Waals surface area contributed by atoms with Crippen LogP contribution < -0.4 is 5.32 Å². The second kappa shape index (κ2) is 11.0. The van der Waals surface area contributed by atoms with Gasteiger partial charge < -0.3 is 20.1 Å². The van der Waals surface area contributed by atoms with Gasteiger partial charge in [0.1, 0.15) is 12.6 Å². The van der Waals surface area contributed by atoms with E-state index in [0.717, 1.165) is 0 Å². The summed E-state index contributed by atoms with van der Waals surface area (Å²) in [6.45, 7) is 2.77. The van der Waals surface area contributed by atoms with Crippen molar-refractivity contribution in [2.75, 3.05) is 24.8 Å². The highest BCUT2D eigenvalue weighted by Gasteiger charge is 2.34. The number of carboxylic acids is 1. The molecular formula is C26H30N2O5S. The molecule has 1 aliphatic heterocycles. The van der Waals surface area contributed by atoms with Gasteiger partial charge in [0.05, 0.1) is 5.88 Å². The first kappa shape index (κ1) is 24.1.